The maximum atomic E-state index is 7.38. The molecular formula is C7H7IN2. The minimum Gasteiger partial charge on any atom is -0.309 e. The number of hydrogen-bond donors (Lipinski definition) is 1. The molecule has 0 radical (unpaired) electrons. The van der Waals surface area contributed by atoms with Gasteiger partial charge in [-0.2, -0.15) is 0 Å². The van der Waals surface area contributed by atoms with E-state index < -0.39 is 0 Å². The highest BCUT2D eigenvalue weighted by molar-refractivity contribution is 14.1. The Morgan fingerprint density at radius 3 is 2.90 bits per heavy atom. The monoisotopic (exact) mass is 246 g/mol. The molecule has 1 aromatic heterocycles. The Hall–Kier alpha value is -0.580. The van der Waals surface area contributed by atoms with E-state index in [4.69, 9.17) is 5.41 Å². The Morgan fingerprint density at radius 2 is 2.30 bits per heavy atom. The molecule has 1 heterocycles. The zero-order valence-corrected chi connectivity index (χ0v) is 7.45. The van der Waals surface area contributed by atoms with Crippen molar-refractivity contribution in [3.05, 3.63) is 34.0 Å². The lowest BCUT2D eigenvalue weighted by Gasteiger charge is -1.95. The van der Waals surface area contributed by atoms with Gasteiger partial charge in [-0.15, -0.1) is 0 Å². The molecule has 52 valence electrons. The lowest BCUT2D eigenvalue weighted by atomic mass is 10.5. The van der Waals surface area contributed by atoms with Crippen LogP contribution in [0, 0.1) is 5.41 Å². The Labute approximate surface area is 72.8 Å². The van der Waals surface area contributed by atoms with E-state index in [-0.39, 0.29) is 0 Å². The van der Waals surface area contributed by atoms with Gasteiger partial charge in [-0.05, 0) is 16.2 Å². The van der Waals surface area contributed by atoms with Gasteiger partial charge < -0.3 is 4.57 Å². The van der Waals surface area contributed by atoms with E-state index in [0.29, 0.717) is 5.49 Å². The van der Waals surface area contributed by atoms with E-state index in [1.54, 1.807) is 10.6 Å². The van der Waals surface area contributed by atoms with Crippen LogP contribution >= 0.6 is 22.6 Å². The molecule has 0 aliphatic carbocycles. The predicted octanol–water partition coefficient (Wildman–Crippen LogP) is 1.83. The molecule has 0 aliphatic heterocycles. The van der Waals surface area contributed by atoms with E-state index >= 15 is 0 Å². The zero-order chi connectivity index (χ0) is 7.40. The van der Waals surface area contributed by atoms with Crippen molar-refractivity contribution in [1.29, 1.82) is 5.41 Å². The number of pyridine rings is 1. The van der Waals surface area contributed by atoms with Crippen molar-refractivity contribution in [2.75, 3.05) is 0 Å². The van der Waals surface area contributed by atoms with Gasteiger partial charge in [-0.25, -0.2) is 0 Å². The van der Waals surface area contributed by atoms with Crippen LogP contribution < -0.4 is 5.49 Å². The van der Waals surface area contributed by atoms with E-state index in [2.05, 4.69) is 22.6 Å². The van der Waals surface area contributed by atoms with Crippen LogP contribution in [-0.2, 0) is 0 Å². The number of hydrogen-bond acceptors (Lipinski definition) is 1. The summed E-state index contributed by atoms with van der Waals surface area (Å²) < 4.78 is 3.61. The summed E-state index contributed by atoms with van der Waals surface area (Å²) in [5, 5.41) is 7.38. The fourth-order valence-corrected chi connectivity index (χ4v) is 0.993. The van der Waals surface area contributed by atoms with Crippen LogP contribution in [0.3, 0.4) is 0 Å². The standard InChI is InChI=1S/C7H7IN2/c8-4-6-10-5-2-1-3-7(10)9/h1-6,9H/b6-4-,9-7?. The van der Waals surface area contributed by atoms with Gasteiger partial charge in [0.15, 0.2) is 0 Å². The summed E-state index contributed by atoms with van der Waals surface area (Å²) >= 11 is 2.12. The molecule has 0 aliphatic rings. The minimum atomic E-state index is 0.496. The van der Waals surface area contributed by atoms with Crippen molar-refractivity contribution >= 4 is 28.8 Å². The van der Waals surface area contributed by atoms with E-state index in [0.717, 1.165) is 0 Å². The van der Waals surface area contributed by atoms with Crippen LogP contribution in [0.25, 0.3) is 6.20 Å². The fraction of sp³-hybridized carbons (Fsp3) is 0. The molecule has 0 fully saturated rings. The van der Waals surface area contributed by atoms with Crippen LogP contribution in [0.4, 0.5) is 0 Å². The number of nitrogens with one attached hydrogen (secondary N) is 1. The maximum Gasteiger partial charge on any atom is 0.128 e. The van der Waals surface area contributed by atoms with Gasteiger partial charge in [0, 0.05) is 12.4 Å². The first-order valence-electron chi connectivity index (χ1n) is 2.83. The first kappa shape index (κ1) is 7.53. The lowest BCUT2D eigenvalue weighted by Crippen LogP contribution is -2.11. The van der Waals surface area contributed by atoms with E-state index in [1.165, 1.54) is 0 Å². The van der Waals surface area contributed by atoms with E-state index in [1.807, 2.05) is 28.6 Å². The molecule has 0 saturated heterocycles. The fourth-order valence-electron chi connectivity index (χ4n) is 0.646. The van der Waals surface area contributed by atoms with Crippen LogP contribution in [0.1, 0.15) is 0 Å². The molecule has 0 unspecified atom stereocenters. The normalized spacial score (nSPS) is 10.5. The van der Waals surface area contributed by atoms with Gasteiger partial charge in [-0.3, -0.25) is 5.41 Å². The summed E-state index contributed by atoms with van der Waals surface area (Å²) in [6.07, 6.45) is 3.68. The van der Waals surface area contributed by atoms with Gasteiger partial charge in [0.05, 0.1) is 0 Å². The molecule has 1 rings (SSSR count). The Bertz CT molecular complexity index is 288. The largest absolute Gasteiger partial charge is 0.309 e. The van der Waals surface area contributed by atoms with Crippen LogP contribution in [0.2, 0.25) is 0 Å². The third-order valence-corrected chi connectivity index (χ3v) is 1.43. The molecule has 0 amide bonds. The summed E-state index contributed by atoms with van der Waals surface area (Å²) in [4.78, 5) is 0. The van der Waals surface area contributed by atoms with Gasteiger partial charge in [0.2, 0.25) is 0 Å². The molecule has 0 saturated carbocycles. The minimum absolute atomic E-state index is 0.496. The van der Waals surface area contributed by atoms with Gasteiger partial charge in [0.1, 0.15) is 5.49 Å². The summed E-state index contributed by atoms with van der Waals surface area (Å²) in [6, 6.07) is 5.49. The molecule has 0 atom stereocenters. The second-order valence-electron chi connectivity index (χ2n) is 1.77. The quantitative estimate of drug-likeness (QED) is 0.732. The lowest BCUT2D eigenvalue weighted by molar-refractivity contribution is 0.976. The van der Waals surface area contributed by atoms with Crippen molar-refractivity contribution < 1.29 is 0 Å². The second kappa shape index (κ2) is 3.55. The molecule has 2 nitrogen and oxygen atoms in total. The summed E-state index contributed by atoms with van der Waals surface area (Å²) in [5.74, 6) is 0. The first-order valence-corrected chi connectivity index (χ1v) is 4.08. The molecule has 0 aromatic carbocycles. The van der Waals surface area contributed by atoms with E-state index in [9.17, 15) is 0 Å². The molecule has 3 heteroatoms. The molecule has 1 aromatic rings. The van der Waals surface area contributed by atoms with Crippen molar-refractivity contribution in [2.45, 2.75) is 0 Å². The smallest absolute Gasteiger partial charge is 0.128 e. The van der Waals surface area contributed by atoms with Crippen LogP contribution in [-0.4, -0.2) is 4.57 Å². The zero-order valence-electron chi connectivity index (χ0n) is 5.29. The van der Waals surface area contributed by atoms with Crippen molar-refractivity contribution in [3.8, 4) is 0 Å². The number of halogens is 1. The number of nitrogens with zero attached hydrogens (tertiary/aromatic N) is 1. The first-order chi connectivity index (χ1) is 4.84. The Morgan fingerprint density at radius 1 is 1.50 bits per heavy atom. The molecule has 1 N–H and O–H groups in total. The molecule has 0 bridgehead atoms. The molecule has 0 spiro atoms. The Balaban J connectivity index is 3.16. The number of rotatable bonds is 1. The number of aromatic nitrogens is 1. The average molecular weight is 246 g/mol. The topological polar surface area (TPSA) is 28.8 Å². The van der Waals surface area contributed by atoms with Crippen LogP contribution in [0.15, 0.2) is 28.5 Å². The third-order valence-electron chi connectivity index (χ3n) is 1.11. The third kappa shape index (κ3) is 1.70. The average Bonchev–Trinajstić information content (AvgIpc) is 1.94. The maximum absolute atomic E-state index is 7.38. The van der Waals surface area contributed by atoms with Gasteiger partial charge >= 0.3 is 0 Å². The second-order valence-corrected chi connectivity index (χ2v) is 2.49. The summed E-state index contributed by atoms with van der Waals surface area (Å²) in [5.41, 5.74) is 0.496. The van der Waals surface area contributed by atoms with Crippen molar-refractivity contribution in [2.24, 2.45) is 0 Å². The highest BCUT2D eigenvalue weighted by Gasteiger charge is 1.80. The van der Waals surface area contributed by atoms with Crippen LogP contribution in [0.5, 0.6) is 0 Å². The Kier molecular flexibility index (Phi) is 2.68. The summed E-state index contributed by atoms with van der Waals surface area (Å²) in [7, 11) is 0. The predicted molar refractivity (Wildman–Crippen MR) is 49.6 cm³/mol. The van der Waals surface area contributed by atoms with Gasteiger partial charge in [-0.1, -0.05) is 28.7 Å². The van der Waals surface area contributed by atoms with Crippen molar-refractivity contribution in [1.82, 2.24) is 4.57 Å². The highest BCUT2D eigenvalue weighted by atomic mass is 127. The van der Waals surface area contributed by atoms with Gasteiger partial charge in [0.25, 0.3) is 0 Å². The highest BCUT2D eigenvalue weighted by Crippen LogP contribution is 1.87. The molecular weight excluding hydrogens is 239 g/mol. The summed E-state index contributed by atoms with van der Waals surface area (Å²) in [6.45, 7) is 0. The van der Waals surface area contributed by atoms with Crippen molar-refractivity contribution in [3.63, 3.8) is 0 Å². The SMILES string of the molecule is N=c1ccccn1/C=C\I. The molecule has 10 heavy (non-hydrogen) atoms.